The van der Waals surface area contributed by atoms with Gasteiger partial charge in [-0.05, 0) is 0 Å². The summed E-state index contributed by atoms with van der Waals surface area (Å²) in [5.74, 6) is -1.37. The topological polar surface area (TPSA) is 149 Å². The highest BCUT2D eigenvalue weighted by Crippen LogP contribution is 1.94. The highest BCUT2D eigenvalue weighted by Gasteiger charge is 2.25. The van der Waals surface area contributed by atoms with Crippen LogP contribution in [0.1, 0.15) is 6.42 Å². The fourth-order valence-electron chi connectivity index (χ4n) is 1.13. The predicted molar refractivity (Wildman–Crippen MR) is 66.8 cm³/mol. The van der Waals surface area contributed by atoms with Crippen LogP contribution in [0.4, 0.5) is 4.79 Å². The molecule has 0 spiro atoms. The first-order valence-corrected chi connectivity index (χ1v) is 7.49. The Morgan fingerprint density at radius 3 is 2.45 bits per heavy atom. The minimum absolute atomic E-state index is 0.0323. The summed E-state index contributed by atoms with van der Waals surface area (Å²) in [4.78, 5) is 22.9. The molecule has 2 N–H and O–H groups in total. The highest BCUT2D eigenvalue weighted by atomic mass is 32.2. The molecule has 0 aromatic rings. The van der Waals surface area contributed by atoms with Gasteiger partial charge in [0, 0.05) is 12.8 Å². The molecule has 0 saturated heterocycles. The fraction of sp³-hybridized carbons (Fsp3) is 0.600. The van der Waals surface area contributed by atoms with Crippen LogP contribution in [-0.2, 0) is 19.4 Å². The van der Waals surface area contributed by atoms with E-state index < -0.39 is 40.2 Å². The van der Waals surface area contributed by atoms with Crippen LogP contribution >= 0.6 is 0 Å². The maximum absolute atomic E-state index is 11.7. The number of amides is 2. The second kappa shape index (κ2) is 8.72. The van der Waals surface area contributed by atoms with Gasteiger partial charge in [0.25, 0.3) is 0 Å². The Hall–Kier alpha value is -2.33. The molecule has 2 amide bonds. The number of nitrogens with zero attached hydrogens (tertiary/aromatic N) is 2. The van der Waals surface area contributed by atoms with Crippen LogP contribution in [0.5, 0.6) is 0 Å². The second-order valence-corrected chi connectivity index (χ2v) is 5.91. The Bertz CT molecular complexity index is 531. The fourth-order valence-corrected chi connectivity index (χ4v) is 1.97. The molecule has 0 bridgehead atoms. The van der Waals surface area contributed by atoms with Gasteiger partial charge in [0.15, 0.2) is 6.61 Å². The summed E-state index contributed by atoms with van der Waals surface area (Å²) >= 11 is 0. The molecule has 0 heterocycles. The zero-order chi connectivity index (χ0) is 15.6. The van der Waals surface area contributed by atoms with E-state index in [0.717, 1.165) is 6.26 Å². The molecule has 0 rings (SSSR count). The lowest BCUT2D eigenvalue weighted by Crippen LogP contribution is -2.50. The van der Waals surface area contributed by atoms with Crippen molar-refractivity contribution in [2.75, 3.05) is 25.2 Å². The van der Waals surface area contributed by atoms with Crippen LogP contribution in [-0.4, -0.2) is 51.6 Å². The minimum atomic E-state index is -3.53. The number of hydrogen-bond donors (Lipinski definition) is 2. The zero-order valence-electron chi connectivity index (χ0n) is 10.7. The lowest BCUT2D eigenvalue weighted by molar-refractivity contribution is -0.122. The van der Waals surface area contributed by atoms with Gasteiger partial charge in [-0.1, -0.05) is 0 Å². The van der Waals surface area contributed by atoms with Crippen LogP contribution < -0.4 is 10.6 Å². The van der Waals surface area contributed by atoms with Gasteiger partial charge in [-0.25, -0.2) is 13.2 Å². The summed E-state index contributed by atoms with van der Waals surface area (Å²) in [7, 11) is -3.53. The van der Waals surface area contributed by atoms with Crippen molar-refractivity contribution in [3.8, 4) is 12.1 Å². The van der Waals surface area contributed by atoms with E-state index in [1.807, 2.05) is 5.32 Å². The lowest BCUT2D eigenvalue weighted by Gasteiger charge is -2.16. The van der Waals surface area contributed by atoms with Gasteiger partial charge < -0.3 is 15.4 Å². The van der Waals surface area contributed by atoms with Crippen LogP contribution in [0.15, 0.2) is 0 Å². The molecule has 0 aliphatic heterocycles. The van der Waals surface area contributed by atoms with E-state index in [0.29, 0.717) is 0 Å². The summed E-state index contributed by atoms with van der Waals surface area (Å²) in [6.45, 7) is -0.488. The molecule has 9 nitrogen and oxygen atoms in total. The Balaban J connectivity index is 4.65. The van der Waals surface area contributed by atoms with Crippen molar-refractivity contribution >= 4 is 21.8 Å². The third-order valence-corrected chi connectivity index (χ3v) is 2.82. The number of rotatable bonds is 7. The molecule has 0 saturated carbocycles. The number of nitrogens with one attached hydrogen (secondary N) is 2. The molecule has 0 fully saturated rings. The van der Waals surface area contributed by atoms with Crippen molar-refractivity contribution in [3.05, 3.63) is 0 Å². The zero-order valence-corrected chi connectivity index (χ0v) is 11.6. The highest BCUT2D eigenvalue weighted by molar-refractivity contribution is 7.90. The molecule has 10 heteroatoms. The first-order chi connectivity index (χ1) is 9.30. The first-order valence-electron chi connectivity index (χ1n) is 5.42. The standard InChI is InChI=1S/C10H14N4O5S/c1-20(17,18)7-8(9(15)13-5-2-3-11)14-10(16)19-6-4-12/h8H,2,5-7H2,1H3,(H,13,15)(H,14,16). The summed E-state index contributed by atoms with van der Waals surface area (Å²) < 4.78 is 26.8. The van der Waals surface area contributed by atoms with Crippen molar-refractivity contribution in [3.63, 3.8) is 0 Å². The average Bonchev–Trinajstić information content (AvgIpc) is 2.34. The Labute approximate surface area is 116 Å². The summed E-state index contributed by atoms with van der Waals surface area (Å²) in [6, 6.07) is 2.00. The molecular formula is C10H14N4O5S. The van der Waals surface area contributed by atoms with E-state index in [1.54, 1.807) is 12.1 Å². The quantitative estimate of drug-likeness (QED) is 0.554. The van der Waals surface area contributed by atoms with E-state index in [2.05, 4.69) is 10.1 Å². The van der Waals surface area contributed by atoms with Crippen LogP contribution in [0.25, 0.3) is 0 Å². The Kier molecular flexibility index (Phi) is 7.70. The lowest BCUT2D eigenvalue weighted by atomic mass is 10.3. The Morgan fingerprint density at radius 1 is 1.30 bits per heavy atom. The van der Waals surface area contributed by atoms with E-state index >= 15 is 0 Å². The van der Waals surface area contributed by atoms with E-state index in [-0.39, 0.29) is 13.0 Å². The third-order valence-electron chi connectivity index (χ3n) is 1.88. The maximum atomic E-state index is 11.7. The summed E-state index contributed by atoms with van der Waals surface area (Å²) in [5, 5.41) is 20.9. The molecular weight excluding hydrogens is 288 g/mol. The molecule has 110 valence electrons. The van der Waals surface area contributed by atoms with Crippen LogP contribution in [0.2, 0.25) is 0 Å². The smallest absolute Gasteiger partial charge is 0.408 e. The number of alkyl carbamates (subject to hydrolysis) is 1. The van der Waals surface area contributed by atoms with Gasteiger partial charge in [-0.15, -0.1) is 0 Å². The summed E-state index contributed by atoms with van der Waals surface area (Å²) in [6.07, 6.45) is -0.114. The van der Waals surface area contributed by atoms with Crippen molar-refractivity contribution in [2.24, 2.45) is 0 Å². The maximum Gasteiger partial charge on any atom is 0.408 e. The van der Waals surface area contributed by atoms with Gasteiger partial charge in [0.2, 0.25) is 5.91 Å². The average molecular weight is 302 g/mol. The second-order valence-electron chi connectivity index (χ2n) is 3.72. The largest absolute Gasteiger partial charge is 0.434 e. The molecule has 20 heavy (non-hydrogen) atoms. The number of ether oxygens (including phenoxy) is 1. The number of sulfone groups is 1. The van der Waals surface area contributed by atoms with E-state index in [9.17, 15) is 18.0 Å². The molecule has 0 aliphatic rings. The number of hydrogen-bond acceptors (Lipinski definition) is 7. The normalized spacial score (nSPS) is 11.6. The van der Waals surface area contributed by atoms with Crippen LogP contribution in [0.3, 0.4) is 0 Å². The van der Waals surface area contributed by atoms with Gasteiger partial charge >= 0.3 is 6.09 Å². The van der Waals surface area contributed by atoms with Crippen molar-refractivity contribution < 1.29 is 22.7 Å². The van der Waals surface area contributed by atoms with Crippen molar-refractivity contribution in [1.82, 2.24) is 10.6 Å². The monoisotopic (exact) mass is 302 g/mol. The first kappa shape index (κ1) is 17.7. The third kappa shape index (κ3) is 8.72. The molecule has 1 unspecified atom stereocenters. The van der Waals surface area contributed by atoms with Gasteiger partial charge in [0.1, 0.15) is 21.9 Å². The number of carbonyl (C=O) groups excluding carboxylic acids is 2. The molecule has 0 aromatic carbocycles. The molecule has 0 radical (unpaired) electrons. The van der Waals surface area contributed by atoms with Crippen molar-refractivity contribution in [2.45, 2.75) is 12.5 Å². The number of nitriles is 2. The van der Waals surface area contributed by atoms with Gasteiger partial charge in [0.05, 0.1) is 18.2 Å². The minimum Gasteiger partial charge on any atom is -0.434 e. The molecule has 0 aromatic heterocycles. The molecule has 1 atom stereocenters. The molecule has 0 aliphatic carbocycles. The SMILES string of the molecule is CS(=O)(=O)CC(NC(=O)OCC#N)C(=O)NCCC#N. The van der Waals surface area contributed by atoms with Crippen molar-refractivity contribution in [1.29, 1.82) is 10.5 Å². The van der Waals surface area contributed by atoms with E-state index in [4.69, 9.17) is 10.5 Å². The van der Waals surface area contributed by atoms with Gasteiger partial charge in [-0.3, -0.25) is 4.79 Å². The van der Waals surface area contributed by atoms with Gasteiger partial charge in [-0.2, -0.15) is 10.5 Å². The Morgan fingerprint density at radius 2 is 1.95 bits per heavy atom. The number of carbonyl (C=O) groups is 2. The summed E-state index contributed by atoms with van der Waals surface area (Å²) in [5.41, 5.74) is 0. The van der Waals surface area contributed by atoms with E-state index in [1.165, 1.54) is 0 Å². The van der Waals surface area contributed by atoms with Crippen LogP contribution in [0, 0.1) is 22.7 Å². The predicted octanol–water partition coefficient (Wildman–Crippen LogP) is -1.32.